The first-order valence-electron chi connectivity index (χ1n) is 3.86. The minimum Gasteiger partial charge on any atom is -0.229 e. The minimum atomic E-state index is -2.92. The summed E-state index contributed by atoms with van der Waals surface area (Å²) >= 11 is 3.34. The Bertz CT molecular complexity index is 358. The molecule has 0 heterocycles. The second kappa shape index (κ2) is 4.24. The van der Waals surface area contributed by atoms with E-state index in [1.165, 1.54) is 6.26 Å². The molecule has 1 rings (SSSR count). The van der Waals surface area contributed by atoms with Crippen LogP contribution >= 0.6 is 15.9 Å². The lowest BCUT2D eigenvalue weighted by Gasteiger charge is -2.07. The Kier molecular flexibility index (Phi) is 3.50. The highest BCUT2D eigenvalue weighted by Crippen LogP contribution is 2.23. The van der Waals surface area contributed by atoms with Gasteiger partial charge >= 0.3 is 0 Å². The predicted octanol–water partition coefficient (Wildman–Crippen LogP) is 2.17. The molecule has 0 aliphatic rings. The molecule has 0 saturated heterocycles. The van der Waals surface area contributed by atoms with Gasteiger partial charge in [-0.3, -0.25) is 0 Å². The Morgan fingerprint density at radius 1 is 1.31 bits per heavy atom. The zero-order chi connectivity index (χ0) is 9.90. The van der Waals surface area contributed by atoms with Gasteiger partial charge in [0.15, 0.2) is 0 Å². The van der Waals surface area contributed by atoms with Crippen LogP contribution in [0.1, 0.15) is 10.4 Å². The summed E-state index contributed by atoms with van der Waals surface area (Å²) in [7, 11) is -2.92. The molecule has 0 aliphatic heterocycles. The standard InChI is InChI=1S/C9H11BrO2S/c1-13(11,12)7-9(10)8-5-3-2-4-6-8/h2-6,9H,7H2,1H3. The van der Waals surface area contributed by atoms with Crippen LogP contribution < -0.4 is 0 Å². The average molecular weight is 263 g/mol. The maximum atomic E-state index is 11.0. The molecule has 2 nitrogen and oxygen atoms in total. The van der Waals surface area contributed by atoms with E-state index in [-0.39, 0.29) is 10.6 Å². The van der Waals surface area contributed by atoms with E-state index in [1.807, 2.05) is 30.3 Å². The average Bonchev–Trinajstić information content (AvgIpc) is 2.03. The van der Waals surface area contributed by atoms with E-state index in [2.05, 4.69) is 15.9 Å². The quantitative estimate of drug-likeness (QED) is 0.783. The summed E-state index contributed by atoms with van der Waals surface area (Å²) in [6, 6.07) is 9.51. The smallest absolute Gasteiger partial charge is 0.148 e. The zero-order valence-electron chi connectivity index (χ0n) is 7.27. The van der Waals surface area contributed by atoms with Gasteiger partial charge in [0, 0.05) is 6.26 Å². The molecule has 0 spiro atoms. The van der Waals surface area contributed by atoms with E-state index < -0.39 is 9.84 Å². The summed E-state index contributed by atoms with van der Waals surface area (Å²) in [5, 5.41) is 0. The van der Waals surface area contributed by atoms with Gasteiger partial charge in [-0.15, -0.1) is 0 Å². The highest BCUT2D eigenvalue weighted by molar-refractivity contribution is 9.09. The Balaban J connectivity index is 2.76. The van der Waals surface area contributed by atoms with E-state index in [0.29, 0.717) is 0 Å². The van der Waals surface area contributed by atoms with E-state index in [0.717, 1.165) is 5.56 Å². The zero-order valence-corrected chi connectivity index (χ0v) is 9.68. The van der Waals surface area contributed by atoms with Crippen molar-refractivity contribution >= 4 is 25.8 Å². The number of alkyl halides is 1. The number of benzene rings is 1. The highest BCUT2D eigenvalue weighted by Gasteiger charge is 2.13. The van der Waals surface area contributed by atoms with Gasteiger partial charge in [-0.1, -0.05) is 46.3 Å². The molecule has 4 heteroatoms. The van der Waals surface area contributed by atoms with Crippen LogP contribution in [0, 0.1) is 0 Å². The van der Waals surface area contributed by atoms with Crippen LogP contribution in [0.3, 0.4) is 0 Å². The third kappa shape index (κ3) is 3.91. The second-order valence-corrected chi connectivity index (χ2v) is 6.26. The van der Waals surface area contributed by atoms with Crippen molar-refractivity contribution in [3.63, 3.8) is 0 Å². The molecule has 0 amide bonds. The fourth-order valence-corrected chi connectivity index (χ4v) is 3.49. The molecule has 0 N–H and O–H groups in total. The number of hydrogen-bond acceptors (Lipinski definition) is 2. The maximum absolute atomic E-state index is 11.0. The molecule has 0 aliphatic carbocycles. The molecule has 72 valence electrons. The molecule has 1 atom stereocenters. The Hall–Kier alpha value is -0.350. The summed E-state index contributed by atoms with van der Waals surface area (Å²) in [4.78, 5) is -0.108. The molecule has 13 heavy (non-hydrogen) atoms. The second-order valence-electron chi connectivity index (χ2n) is 2.97. The van der Waals surface area contributed by atoms with Gasteiger partial charge in [0.2, 0.25) is 0 Å². The molecule has 1 unspecified atom stereocenters. The topological polar surface area (TPSA) is 34.1 Å². The number of sulfone groups is 1. The number of rotatable bonds is 3. The molecule has 0 saturated carbocycles. The number of halogens is 1. The molecule has 0 bridgehead atoms. The lowest BCUT2D eigenvalue weighted by molar-refractivity contribution is 0.601. The summed E-state index contributed by atoms with van der Waals surface area (Å²) in [5.74, 6) is 0.136. The van der Waals surface area contributed by atoms with Crippen LogP contribution in [0.4, 0.5) is 0 Å². The maximum Gasteiger partial charge on any atom is 0.148 e. The largest absolute Gasteiger partial charge is 0.229 e. The normalized spacial score (nSPS) is 14.0. The fraction of sp³-hybridized carbons (Fsp3) is 0.333. The summed E-state index contributed by atoms with van der Waals surface area (Å²) < 4.78 is 22.0. The van der Waals surface area contributed by atoms with Crippen LogP contribution in [0.5, 0.6) is 0 Å². The van der Waals surface area contributed by atoms with E-state index in [1.54, 1.807) is 0 Å². The lowest BCUT2D eigenvalue weighted by atomic mass is 10.2. The van der Waals surface area contributed by atoms with Crippen molar-refractivity contribution in [2.75, 3.05) is 12.0 Å². The highest BCUT2D eigenvalue weighted by atomic mass is 79.9. The van der Waals surface area contributed by atoms with Crippen molar-refractivity contribution in [3.8, 4) is 0 Å². The van der Waals surface area contributed by atoms with Gasteiger partial charge in [-0.25, -0.2) is 8.42 Å². The van der Waals surface area contributed by atoms with Gasteiger partial charge in [0.1, 0.15) is 9.84 Å². The van der Waals surface area contributed by atoms with E-state index in [4.69, 9.17) is 0 Å². The van der Waals surface area contributed by atoms with Crippen molar-refractivity contribution in [2.24, 2.45) is 0 Å². The van der Waals surface area contributed by atoms with E-state index >= 15 is 0 Å². The van der Waals surface area contributed by atoms with Gasteiger partial charge < -0.3 is 0 Å². The predicted molar refractivity (Wildman–Crippen MR) is 57.8 cm³/mol. The Labute approximate surface area is 87.0 Å². The SMILES string of the molecule is CS(=O)(=O)CC(Br)c1ccccc1. The fourth-order valence-electron chi connectivity index (χ4n) is 1.02. The van der Waals surface area contributed by atoms with Crippen LogP contribution in [-0.2, 0) is 9.84 Å². The molecule has 0 radical (unpaired) electrons. The third-order valence-corrected chi connectivity index (χ3v) is 3.83. The van der Waals surface area contributed by atoms with Gasteiger partial charge in [-0.2, -0.15) is 0 Å². The molecule has 0 aromatic heterocycles. The molecule has 1 aromatic carbocycles. The Morgan fingerprint density at radius 3 is 2.31 bits per heavy atom. The van der Waals surface area contributed by atoms with Crippen molar-refractivity contribution in [1.82, 2.24) is 0 Å². The molecule has 1 aromatic rings. The van der Waals surface area contributed by atoms with Crippen molar-refractivity contribution in [3.05, 3.63) is 35.9 Å². The van der Waals surface area contributed by atoms with Crippen molar-refractivity contribution in [1.29, 1.82) is 0 Å². The van der Waals surface area contributed by atoms with Crippen LogP contribution in [0.2, 0.25) is 0 Å². The number of hydrogen-bond donors (Lipinski definition) is 0. The van der Waals surface area contributed by atoms with Crippen LogP contribution in [-0.4, -0.2) is 20.4 Å². The van der Waals surface area contributed by atoms with Crippen molar-refractivity contribution in [2.45, 2.75) is 4.83 Å². The third-order valence-electron chi connectivity index (χ3n) is 1.61. The molecular weight excluding hydrogens is 252 g/mol. The van der Waals surface area contributed by atoms with Gasteiger partial charge in [-0.05, 0) is 5.56 Å². The summed E-state index contributed by atoms with van der Waals surface area (Å²) in [6.07, 6.45) is 1.24. The van der Waals surface area contributed by atoms with Crippen LogP contribution in [0.15, 0.2) is 30.3 Å². The van der Waals surface area contributed by atoms with Gasteiger partial charge in [0.05, 0.1) is 10.6 Å². The lowest BCUT2D eigenvalue weighted by Crippen LogP contribution is -2.08. The monoisotopic (exact) mass is 262 g/mol. The summed E-state index contributed by atoms with van der Waals surface area (Å²) in [5.41, 5.74) is 0.993. The van der Waals surface area contributed by atoms with Gasteiger partial charge in [0.25, 0.3) is 0 Å². The Morgan fingerprint density at radius 2 is 1.85 bits per heavy atom. The minimum absolute atomic E-state index is 0.108. The van der Waals surface area contributed by atoms with Crippen LogP contribution in [0.25, 0.3) is 0 Å². The molecular formula is C9H11BrO2S. The summed E-state index contributed by atoms with van der Waals surface area (Å²) in [6.45, 7) is 0. The van der Waals surface area contributed by atoms with E-state index in [9.17, 15) is 8.42 Å². The molecule has 0 fully saturated rings. The first-order valence-corrected chi connectivity index (χ1v) is 6.83. The van der Waals surface area contributed by atoms with Crippen molar-refractivity contribution < 1.29 is 8.42 Å². The first kappa shape index (κ1) is 10.7. The first-order chi connectivity index (χ1) is 5.99.